The highest BCUT2D eigenvalue weighted by atomic mass is 32.2. The molecule has 14 heteroatoms. The van der Waals surface area contributed by atoms with Crippen molar-refractivity contribution in [2.75, 3.05) is 43.9 Å². The van der Waals surface area contributed by atoms with Gasteiger partial charge in [0.15, 0.2) is 0 Å². The number of nitrogens with zero attached hydrogens (tertiary/aromatic N) is 3. The van der Waals surface area contributed by atoms with Crippen LogP contribution in [0.4, 0.5) is 10.3 Å². The third kappa shape index (κ3) is 22.0. The average molecular weight is 852 g/mol. The van der Waals surface area contributed by atoms with E-state index >= 15 is 0 Å². The van der Waals surface area contributed by atoms with Crippen LogP contribution in [0.25, 0.3) is 17.3 Å². The van der Waals surface area contributed by atoms with E-state index in [1.165, 1.54) is 37.4 Å². The topological polar surface area (TPSA) is 171 Å². The molecule has 2 amide bonds. The highest BCUT2D eigenvalue weighted by Gasteiger charge is 2.23. The second kappa shape index (κ2) is 29.5. The van der Waals surface area contributed by atoms with Crippen molar-refractivity contribution in [3.63, 3.8) is 0 Å². The van der Waals surface area contributed by atoms with Crippen molar-refractivity contribution in [3.8, 4) is 11.3 Å². The van der Waals surface area contributed by atoms with Crippen molar-refractivity contribution < 1.29 is 37.3 Å². The minimum absolute atomic E-state index is 0.0392. The number of rotatable bonds is 29. The summed E-state index contributed by atoms with van der Waals surface area (Å²) in [6.07, 6.45) is 29.8. The number of benzene rings is 1. The summed E-state index contributed by atoms with van der Waals surface area (Å²) in [6, 6.07) is 5.56. The maximum atomic E-state index is 13.8. The Hall–Kier alpha value is -4.76. The number of nitrogens with one attached hydrogen (secondary N) is 2. The molecular formula is C46H66FN5O7S. The van der Waals surface area contributed by atoms with Gasteiger partial charge in [-0.3, -0.25) is 9.59 Å². The number of aliphatic hydroxyl groups excluding tert-OH is 2. The van der Waals surface area contributed by atoms with Gasteiger partial charge in [0.05, 0.1) is 49.5 Å². The molecule has 2 atom stereocenters. The highest BCUT2D eigenvalue weighted by Crippen LogP contribution is 2.32. The summed E-state index contributed by atoms with van der Waals surface area (Å²) in [5.41, 5.74) is 1.83. The number of ether oxygens (including phenoxy) is 1. The fraction of sp³-hybridized carbons (Fsp3) is 0.478. The van der Waals surface area contributed by atoms with Gasteiger partial charge < -0.3 is 25.6 Å². The maximum Gasteiger partial charge on any atom is 0.239 e. The zero-order chi connectivity index (χ0) is 44.2. The Balaban J connectivity index is 1.67. The number of hydrogen-bond donors (Lipinski definition) is 4. The first-order valence-electron chi connectivity index (χ1n) is 20.7. The van der Waals surface area contributed by atoms with Gasteiger partial charge in [-0.2, -0.15) is 0 Å². The Morgan fingerprint density at radius 1 is 0.850 bits per heavy atom. The molecular weight excluding hydrogens is 786 g/mol. The highest BCUT2D eigenvalue weighted by molar-refractivity contribution is 7.92. The van der Waals surface area contributed by atoms with Crippen molar-refractivity contribution >= 4 is 33.9 Å². The number of sulfonamides is 1. The molecule has 0 saturated carbocycles. The fourth-order valence-corrected chi connectivity index (χ4v) is 5.97. The van der Waals surface area contributed by atoms with Crippen molar-refractivity contribution in [1.29, 1.82) is 0 Å². The first-order chi connectivity index (χ1) is 28.7. The summed E-state index contributed by atoms with van der Waals surface area (Å²) in [4.78, 5) is 33.5. The predicted octanol–water partition coefficient (Wildman–Crippen LogP) is 7.49. The molecule has 2 rings (SSSR count). The van der Waals surface area contributed by atoms with Crippen molar-refractivity contribution in [2.24, 2.45) is 0 Å². The van der Waals surface area contributed by atoms with Gasteiger partial charge in [0, 0.05) is 44.1 Å². The minimum atomic E-state index is -3.69. The molecule has 0 unspecified atom stereocenters. The SMILES string of the molecule is CCC=CCC=CCC=CCC=CCC=CCCCC(=O)NCCOCCNC(=O)C[C@H](O)C[C@H](O)/C=C/c1c(-c2ccc(F)cc2)nc(N(C)S(C)(=O)=O)nc1C(C)C. The smallest absolute Gasteiger partial charge is 0.239 e. The summed E-state index contributed by atoms with van der Waals surface area (Å²) in [5.74, 6) is -1.16. The normalized spacial score (nSPS) is 13.6. The van der Waals surface area contributed by atoms with Gasteiger partial charge in [0.2, 0.25) is 27.8 Å². The zero-order valence-corrected chi connectivity index (χ0v) is 36.7. The van der Waals surface area contributed by atoms with E-state index in [1.807, 2.05) is 13.8 Å². The number of carbonyl (C=O) groups excluding carboxylic acids is 2. The quantitative estimate of drug-likeness (QED) is 0.0479. The van der Waals surface area contributed by atoms with Crippen LogP contribution in [-0.2, 0) is 24.3 Å². The van der Waals surface area contributed by atoms with Gasteiger partial charge in [-0.1, -0.05) is 93.7 Å². The Kier molecular flexibility index (Phi) is 25.2. The molecule has 1 aromatic heterocycles. The van der Waals surface area contributed by atoms with E-state index in [9.17, 15) is 32.6 Å². The van der Waals surface area contributed by atoms with E-state index in [0.29, 0.717) is 42.1 Å². The number of aliphatic hydroxyl groups is 2. The van der Waals surface area contributed by atoms with Crippen LogP contribution < -0.4 is 14.9 Å². The first kappa shape index (κ1) is 51.4. The molecule has 0 aliphatic heterocycles. The summed E-state index contributed by atoms with van der Waals surface area (Å²) >= 11 is 0. The van der Waals surface area contributed by atoms with Crippen molar-refractivity contribution in [1.82, 2.24) is 20.6 Å². The van der Waals surface area contributed by atoms with Gasteiger partial charge in [0.25, 0.3) is 0 Å². The van der Waals surface area contributed by atoms with Gasteiger partial charge in [-0.05, 0) is 75.1 Å². The molecule has 1 heterocycles. The summed E-state index contributed by atoms with van der Waals surface area (Å²) in [7, 11) is -2.35. The number of aromatic nitrogens is 2. The Labute approximate surface area is 357 Å². The fourth-order valence-electron chi connectivity index (χ4n) is 5.59. The largest absolute Gasteiger partial charge is 0.392 e. The molecule has 4 N–H and O–H groups in total. The molecule has 0 spiro atoms. The molecule has 2 aromatic rings. The Bertz CT molecular complexity index is 1880. The number of allylic oxidation sites excluding steroid dienone is 10. The number of amides is 2. The average Bonchev–Trinajstić information content (AvgIpc) is 3.20. The lowest BCUT2D eigenvalue weighted by Gasteiger charge is -2.20. The summed E-state index contributed by atoms with van der Waals surface area (Å²) in [5, 5.41) is 26.8. The van der Waals surface area contributed by atoms with E-state index < -0.39 is 34.0 Å². The molecule has 12 nitrogen and oxygen atoms in total. The zero-order valence-electron chi connectivity index (χ0n) is 35.9. The molecule has 0 aliphatic rings. The summed E-state index contributed by atoms with van der Waals surface area (Å²) < 4.78 is 44.8. The van der Waals surface area contributed by atoms with Crippen LogP contribution in [0.15, 0.2) is 91.1 Å². The number of unbranched alkanes of at least 4 members (excludes halogenated alkanes) is 1. The first-order valence-corrected chi connectivity index (χ1v) is 22.6. The molecule has 0 fully saturated rings. The number of anilines is 1. The van der Waals surface area contributed by atoms with Crippen molar-refractivity contribution in [3.05, 3.63) is 108 Å². The summed E-state index contributed by atoms with van der Waals surface area (Å²) in [6.45, 7) is 6.97. The van der Waals surface area contributed by atoms with Gasteiger partial charge in [-0.15, -0.1) is 0 Å². The molecule has 60 heavy (non-hydrogen) atoms. The molecule has 0 bridgehead atoms. The van der Waals surface area contributed by atoms with E-state index in [0.717, 1.165) is 55.5 Å². The van der Waals surface area contributed by atoms with E-state index in [2.05, 4.69) is 88.3 Å². The maximum absolute atomic E-state index is 13.8. The standard InChI is InChI=1S/C46H66FN5O7S/c1-6-7-8-9-10-11-12-13-14-15-16-17-18-19-20-21-22-23-42(55)48-30-32-59-33-31-49-43(56)35-40(54)34-39(53)28-29-41-44(36(2)3)50-46(52(4)60(5,57)58)51-45(41)37-24-26-38(47)27-25-37/h7-8,10-11,13-14,16-17,19-20,24-29,36,39-40,53-54H,6,9,12,15,18,21-23,30-35H2,1-5H3,(H,48,55)(H,49,56)/b8-7?,11-10?,14-13?,17-16?,20-19?,29-28+/t39-,40-/m1/s1. The van der Waals surface area contributed by atoms with E-state index in [1.54, 1.807) is 6.08 Å². The molecule has 330 valence electrons. The number of carbonyl (C=O) groups is 2. The van der Waals surface area contributed by atoms with Crippen LogP contribution in [0, 0.1) is 5.82 Å². The van der Waals surface area contributed by atoms with Crippen LogP contribution in [0.2, 0.25) is 0 Å². The monoisotopic (exact) mass is 851 g/mol. The second-order valence-corrected chi connectivity index (χ2v) is 16.5. The Morgan fingerprint density at radius 3 is 1.95 bits per heavy atom. The Morgan fingerprint density at radius 2 is 1.40 bits per heavy atom. The predicted molar refractivity (Wildman–Crippen MR) is 240 cm³/mol. The van der Waals surface area contributed by atoms with Crippen LogP contribution in [0.3, 0.4) is 0 Å². The van der Waals surface area contributed by atoms with Gasteiger partial charge in [0.1, 0.15) is 5.82 Å². The van der Waals surface area contributed by atoms with Crippen LogP contribution >= 0.6 is 0 Å². The van der Waals surface area contributed by atoms with Crippen molar-refractivity contribution in [2.45, 2.75) is 103 Å². The second-order valence-electron chi connectivity index (χ2n) is 14.5. The molecule has 0 radical (unpaired) electrons. The lowest BCUT2D eigenvalue weighted by molar-refractivity contribution is -0.123. The molecule has 0 saturated heterocycles. The number of hydrogen-bond acceptors (Lipinski definition) is 9. The third-order valence-corrected chi connectivity index (χ3v) is 10.1. The molecule has 0 aliphatic carbocycles. The van der Waals surface area contributed by atoms with Crippen LogP contribution in [0.1, 0.15) is 102 Å². The number of halogens is 1. The van der Waals surface area contributed by atoms with Crippen LogP contribution in [0.5, 0.6) is 0 Å². The lowest BCUT2D eigenvalue weighted by Crippen LogP contribution is -2.32. The van der Waals surface area contributed by atoms with E-state index in [-0.39, 0.29) is 43.8 Å². The van der Waals surface area contributed by atoms with Gasteiger partial charge >= 0.3 is 0 Å². The lowest BCUT2D eigenvalue weighted by atomic mass is 9.97. The van der Waals surface area contributed by atoms with Gasteiger partial charge in [-0.25, -0.2) is 27.1 Å². The van der Waals surface area contributed by atoms with E-state index in [4.69, 9.17) is 4.74 Å². The minimum Gasteiger partial charge on any atom is -0.392 e. The molecule has 1 aromatic carbocycles. The third-order valence-electron chi connectivity index (χ3n) is 8.90. The van der Waals surface area contributed by atoms with Crippen LogP contribution in [-0.4, -0.2) is 92.2 Å².